The van der Waals surface area contributed by atoms with Crippen molar-refractivity contribution >= 4 is 29.3 Å². The lowest BCUT2D eigenvalue weighted by Crippen LogP contribution is -2.13. The smallest absolute Gasteiger partial charge is 0.230 e. The third-order valence-electron chi connectivity index (χ3n) is 2.07. The number of anilines is 1. The number of hydrogen-bond donors (Lipinski definition) is 0. The van der Waals surface area contributed by atoms with E-state index in [4.69, 9.17) is 11.6 Å². The van der Waals surface area contributed by atoms with Gasteiger partial charge in [0.05, 0.1) is 4.90 Å². The van der Waals surface area contributed by atoms with Crippen molar-refractivity contribution in [2.45, 2.75) is 10.1 Å². The predicted molar refractivity (Wildman–Crippen MR) is 69.6 cm³/mol. The van der Waals surface area contributed by atoms with Gasteiger partial charge in [-0.15, -0.1) is 0 Å². The molecule has 100 valence electrons. The van der Waals surface area contributed by atoms with Gasteiger partial charge < -0.3 is 4.90 Å². The van der Waals surface area contributed by atoms with Crippen molar-refractivity contribution in [3.05, 3.63) is 35.1 Å². The van der Waals surface area contributed by atoms with Crippen molar-refractivity contribution in [2.24, 2.45) is 0 Å². The molecular formula is C11H9ClF2N4S. The lowest BCUT2D eigenvalue weighted by atomic mass is 10.3. The third kappa shape index (κ3) is 3.51. The fourth-order valence-electron chi connectivity index (χ4n) is 1.22. The molecule has 1 aromatic heterocycles. The quantitative estimate of drug-likeness (QED) is 0.872. The highest BCUT2D eigenvalue weighted by Crippen LogP contribution is 2.28. The van der Waals surface area contributed by atoms with Crippen LogP contribution in [0.2, 0.25) is 5.28 Å². The van der Waals surface area contributed by atoms with E-state index in [1.807, 2.05) is 0 Å². The molecule has 0 saturated carbocycles. The minimum absolute atomic E-state index is 0.0173. The highest BCUT2D eigenvalue weighted by molar-refractivity contribution is 7.99. The van der Waals surface area contributed by atoms with Gasteiger partial charge in [-0.2, -0.15) is 15.0 Å². The Bertz CT molecular complexity index is 609. The maximum absolute atomic E-state index is 13.5. The Balaban J connectivity index is 2.32. The van der Waals surface area contributed by atoms with Crippen molar-refractivity contribution < 1.29 is 8.78 Å². The van der Waals surface area contributed by atoms with E-state index in [0.717, 1.165) is 17.8 Å². The van der Waals surface area contributed by atoms with Crippen molar-refractivity contribution in [1.29, 1.82) is 0 Å². The molecule has 0 N–H and O–H groups in total. The second-order valence-corrected chi connectivity index (χ2v) is 5.11. The minimum Gasteiger partial charge on any atom is -0.347 e. The zero-order chi connectivity index (χ0) is 14.0. The van der Waals surface area contributed by atoms with E-state index in [2.05, 4.69) is 15.0 Å². The van der Waals surface area contributed by atoms with Gasteiger partial charge in [-0.1, -0.05) is 0 Å². The van der Waals surface area contributed by atoms with Gasteiger partial charge in [0, 0.05) is 20.2 Å². The molecule has 1 aromatic carbocycles. The van der Waals surface area contributed by atoms with Crippen LogP contribution in [0.5, 0.6) is 0 Å². The number of benzene rings is 1. The van der Waals surface area contributed by atoms with Gasteiger partial charge in [0.2, 0.25) is 11.2 Å². The van der Waals surface area contributed by atoms with Crippen LogP contribution >= 0.6 is 23.4 Å². The summed E-state index contributed by atoms with van der Waals surface area (Å²) in [6.07, 6.45) is 0. The first-order valence-electron chi connectivity index (χ1n) is 5.17. The molecule has 0 saturated heterocycles. The van der Waals surface area contributed by atoms with E-state index >= 15 is 0 Å². The summed E-state index contributed by atoms with van der Waals surface area (Å²) >= 11 is 6.72. The molecular weight excluding hydrogens is 294 g/mol. The molecule has 19 heavy (non-hydrogen) atoms. The molecule has 1 heterocycles. The summed E-state index contributed by atoms with van der Waals surface area (Å²) in [5.74, 6) is -0.942. The fraction of sp³-hybridized carbons (Fsp3) is 0.182. The van der Waals surface area contributed by atoms with Gasteiger partial charge in [0.25, 0.3) is 0 Å². The van der Waals surface area contributed by atoms with Crippen LogP contribution < -0.4 is 4.90 Å². The maximum Gasteiger partial charge on any atom is 0.230 e. The molecule has 0 unspecified atom stereocenters. The Hall–Kier alpha value is -1.47. The van der Waals surface area contributed by atoms with Crippen LogP contribution in [-0.4, -0.2) is 29.0 Å². The number of rotatable bonds is 3. The van der Waals surface area contributed by atoms with E-state index in [1.165, 1.54) is 12.1 Å². The Morgan fingerprint density at radius 3 is 2.53 bits per heavy atom. The van der Waals surface area contributed by atoms with E-state index in [9.17, 15) is 8.78 Å². The molecule has 0 atom stereocenters. The summed E-state index contributed by atoms with van der Waals surface area (Å²) in [7, 11) is 3.50. The number of halogens is 3. The van der Waals surface area contributed by atoms with Gasteiger partial charge in [0.15, 0.2) is 5.16 Å². The summed E-state index contributed by atoms with van der Waals surface area (Å²) in [5.41, 5.74) is 0. The van der Waals surface area contributed by atoms with Crippen LogP contribution in [0.15, 0.2) is 28.3 Å². The van der Waals surface area contributed by atoms with Crippen LogP contribution in [0.1, 0.15) is 0 Å². The van der Waals surface area contributed by atoms with Crippen molar-refractivity contribution in [1.82, 2.24) is 15.0 Å². The first-order valence-corrected chi connectivity index (χ1v) is 6.37. The van der Waals surface area contributed by atoms with Crippen molar-refractivity contribution in [3.8, 4) is 0 Å². The lowest BCUT2D eigenvalue weighted by molar-refractivity contribution is 0.565. The topological polar surface area (TPSA) is 41.9 Å². The van der Waals surface area contributed by atoms with Gasteiger partial charge >= 0.3 is 0 Å². The number of nitrogens with zero attached hydrogens (tertiary/aromatic N) is 4. The SMILES string of the molecule is CN(C)c1nc(Cl)nc(Sc2ccc(F)cc2F)n1. The second kappa shape index (κ2) is 5.66. The lowest BCUT2D eigenvalue weighted by Gasteiger charge is -2.10. The van der Waals surface area contributed by atoms with Crippen LogP contribution in [-0.2, 0) is 0 Å². The zero-order valence-corrected chi connectivity index (χ0v) is 11.6. The molecule has 0 fully saturated rings. The third-order valence-corrected chi connectivity index (χ3v) is 3.16. The number of aromatic nitrogens is 3. The van der Waals surface area contributed by atoms with Crippen molar-refractivity contribution in [2.75, 3.05) is 19.0 Å². The molecule has 0 aliphatic carbocycles. The Kier molecular flexibility index (Phi) is 4.16. The number of hydrogen-bond acceptors (Lipinski definition) is 5. The highest BCUT2D eigenvalue weighted by atomic mass is 35.5. The van der Waals surface area contributed by atoms with Gasteiger partial charge in [-0.3, -0.25) is 0 Å². The normalized spacial score (nSPS) is 10.6. The first kappa shape index (κ1) is 14.0. The van der Waals surface area contributed by atoms with Crippen LogP contribution in [0.3, 0.4) is 0 Å². The minimum atomic E-state index is -0.673. The van der Waals surface area contributed by atoms with E-state index in [0.29, 0.717) is 5.95 Å². The summed E-state index contributed by atoms with van der Waals surface area (Å²) < 4.78 is 26.3. The average Bonchev–Trinajstić information content (AvgIpc) is 2.32. The highest BCUT2D eigenvalue weighted by Gasteiger charge is 2.11. The second-order valence-electron chi connectivity index (χ2n) is 3.76. The molecule has 2 rings (SSSR count). The molecule has 0 aliphatic rings. The molecule has 0 bridgehead atoms. The average molecular weight is 303 g/mol. The zero-order valence-electron chi connectivity index (χ0n) is 10.1. The Morgan fingerprint density at radius 2 is 1.89 bits per heavy atom. The monoisotopic (exact) mass is 302 g/mol. The summed E-state index contributed by atoms with van der Waals surface area (Å²) in [5, 5.41) is 0.262. The predicted octanol–water partition coefficient (Wildman–Crippen LogP) is 3.02. The molecule has 0 amide bonds. The first-order chi connectivity index (χ1) is 8.95. The van der Waals surface area contributed by atoms with Gasteiger partial charge in [0.1, 0.15) is 11.6 Å². The fourth-order valence-corrected chi connectivity index (χ4v) is 2.18. The standard InChI is InChI=1S/C11H9ClF2N4S/c1-18(2)10-15-9(12)16-11(17-10)19-8-4-3-6(13)5-7(8)14/h3-5H,1-2H3. The molecule has 4 nitrogen and oxygen atoms in total. The molecule has 0 radical (unpaired) electrons. The van der Waals surface area contributed by atoms with Crippen LogP contribution in [0.4, 0.5) is 14.7 Å². The molecule has 2 aromatic rings. The summed E-state index contributed by atoms with van der Waals surface area (Å²) in [6.45, 7) is 0. The van der Waals surface area contributed by atoms with E-state index < -0.39 is 11.6 Å². The van der Waals surface area contributed by atoms with E-state index in [1.54, 1.807) is 19.0 Å². The Labute approximate surface area is 117 Å². The Morgan fingerprint density at radius 1 is 1.16 bits per heavy atom. The van der Waals surface area contributed by atoms with Crippen molar-refractivity contribution in [3.63, 3.8) is 0 Å². The largest absolute Gasteiger partial charge is 0.347 e. The summed E-state index contributed by atoms with van der Waals surface area (Å²) in [4.78, 5) is 13.8. The molecule has 8 heteroatoms. The van der Waals surface area contributed by atoms with Crippen LogP contribution in [0.25, 0.3) is 0 Å². The maximum atomic E-state index is 13.5. The van der Waals surface area contributed by atoms with Crippen LogP contribution in [0, 0.1) is 11.6 Å². The van der Waals surface area contributed by atoms with Gasteiger partial charge in [-0.05, 0) is 35.5 Å². The van der Waals surface area contributed by atoms with E-state index in [-0.39, 0.29) is 15.3 Å². The molecule has 0 spiro atoms. The van der Waals surface area contributed by atoms with Gasteiger partial charge in [-0.25, -0.2) is 8.78 Å². The molecule has 0 aliphatic heterocycles. The summed E-state index contributed by atoms with van der Waals surface area (Å²) in [6, 6.07) is 3.29.